The molecule has 0 amide bonds. The lowest BCUT2D eigenvalue weighted by Gasteiger charge is -2.12. The summed E-state index contributed by atoms with van der Waals surface area (Å²) in [4.78, 5) is 0. The smallest absolute Gasteiger partial charge is 0.119 e. The van der Waals surface area contributed by atoms with Crippen LogP contribution >= 0.6 is 0 Å². The molecule has 0 aliphatic rings. The lowest BCUT2D eigenvalue weighted by molar-refractivity contribution is 0.414. The number of ether oxygens (including phenoxy) is 1. The van der Waals surface area contributed by atoms with Crippen molar-refractivity contribution in [3.63, 3.8) is 0 Å². The van der Waals surface area contributed by atoms with Gasteiger partial charge >= 0.3 is 0 Å². The number of hydrogen-bond acceptors (Lipinski definition) is 3. The summed E-state index contributed by atoms with van der Waals surface area (Å²) in [6.45, 7) is 2.11. The van der Waals surface area contributed by atoms with E-state index in [1.807, 2.05) is 29.9 Å². The first-order valence-electron chi connectivity index (χ1n) is 7.02. The summed E-state index contributed by atoms with van der Waals surface area (Å²) in [5, 5.41) is 4.46. The van der Waals surface area contributed by atoms with Crippen LogP contribution in [-0.2, 0) is 26.3 Å². The van der Waals surface area contributed by atoms with Crippen molar-refractivity contribution in [1.29, 1.82) is 0 Å². The maximum absolute atomic E-state index is 6.27. The van der Waals surface area contributed by atoms with Crippen LogP contribution < -0.4 is 10.5 Å². The predicted molar refractivity (Wildman–Crippen MR) is 81.0 cm³/mol. The minimum atomic E-state index is 0.0854. The summed E-state index contributed by atoms with van der Waals surface area (Å²) in [6, 6.07) is 10.3. The lowest BCUT2D eigenvalue weighted by Crippen LogP contribution is -2.26. The number of hydrogen-bond donors (Lipinski definition) is 1. The highest BCUT2D eigenvalue weighted by molar-refractivity contribution is 5.29. The summed E-state index contributed by atoms with van der Waals surface area (Å²) in [5.74, 6) is 0.878. The molecule has 1 aromatic carbocycles. The Bertz CT molecular complexity index is 563. The second-order valence-electron chi connectivity index (χ2n) is 5.12. The second kappa shape index (κ2) is 6.57. The molecule has 1 aromatic heterocycles. The minimum Gasteiger partial charge on any atom is -0.497 e. The minimum absolute atomic E-state index is 0.0854. The van der Waals surface area contributed by atoms with Gasteiger partial charge in [-0.3, -0.25) is 4.68 Å². The van der Waals surface area contributed by atoms with Gasteiger partial charge in [0.25, 0.3) is 0 Å². The van der Waals surface area contributed by atoms with E-state index in [0.717, 1.165) is 30.7 Å². The normalized spacial score (nSPS) is 12.4. The highest BCUT2D eigenvalue weighted by atomic mass is 16.5. The molecule has 1 atom stereocenters. The molecule has 0 aliphatic carbocycles. The zero-order valence-electron chi connectivity index (χ0n) is 12.5. The van der Waals surface area contributed by atoms with Gasteiger partial charge in [0, 0.05) is 25.2 Å². The Labute approximate surface area is 120 Å². The average molecular weight is 273 g/mol. The molecule has 0 saturated carbocycles. The fraction of sp³-hybridized carbons (Fsp3) is 0.438. The van der Waals surface area contributed by atoms with Gasteiger partial charge in [0.05, 0.1) is 12.8 Å². The van der Waals surface area contributed by atoms with Crippen LogP contribution in [0.2, 0.25) is 0 Å². The van der Waals surface area contributed by atoms with E-state index in [0.29, 0.717) is 0 Å². The van der Waals surface area contributed by atoms with Crippen molar-refractivity contribution >= 4 is 0 Å². The van der Waals surface area contributed by atoms with Crippen LogP contribution in [0.25, 0.3) is 0 Å². The second-order valence-corrected chi connectivity index (χ2v) is 5.12. The van der Waals surface area contributed by atoms with Gasteiger partial charge in [0.2, 0.25) is 0 Å². The number of rotatable bonds is 6. The van der Waals surface area contributed by atoms with Crippen molar-refractivity contribution < 1.29 is 4.74 Å². The Kier molecular flexibility index (Phi) is 4.79. The standard InChI is InChI=1S/C16H23N3O/c1-4-14-11-15(19(2)18-14)10-13(17)8-12-6-5-7-16(9-12)20-3/h5-7,9,11,13H,4,8,10,17H2,1-3H3. The van der Waals surface area contributed by atoms with Crippen LogP contribution in [0.1, 0.15) is 23.9 Å². The van der Waals surface area contributed by atoms with Crippen molar-refractivity contribution in [2.45, 2.75) is 32.2 Å². The topological polar surface area (TPSA) is 53.1 Å². The molecule has 4 nitrogen and oxygen atoms in total. The zero-order chi connectivity index (χ0) is 14.5. The van der Waals surface area contributed by atoms with Crippen molar-refractivity contribution in [3.05, 3.63) is 47.3 Å². The maximum atomic E-state index is 6.27. The molecule has 0 bridgehead atoms. The fourth-order valence-corrected chi connectivity index (χ4v) is 2.38. The van der Waals surface area contributed by atoms with Crippen LogP contribution in [0.15, 0.2) is 30.3 Å². The zero-order valence-corrected chi connectivity index (χ0v) is 12.5. The molecule has 0 aliphatic heterocycles. The summed E-state index contributed by atoms with van der Waals surface area (Å²) in [6.07, 6.45) is 2.63. The van der Waals surface area contributed by atoms with Crippen LogP contribution in [0.5, 0.6) is 5.75 Å². The van der Waals surface area contributed by atoms with Gasteiger partial charge in [-0.1, -0.05) is 19.1 Å². The first kappa shape index (κ1) is 14.6. The Morgan fingerprint density at radius 2 is 2.10 bits per heavy atom. The molecule has 108 valence electrons. The van der Waals surface area contributed by atoms with E-state index >= 15 is 0 Å². The third-order valence-corrected chi connectivity index (χ3v) is 3.49. The van der Waals surface area contributed by atoms with Crippen LogP contribution in [0.3, 0.4) is 0 Å². The Morgan fingerprint density at radius 3 is 2.75 bits per heavy atom. The first-order valence-corrected chi connectivity index (χ1v) is 7.02. The van der Waals surface area contributed by atoms with Gasteiger partial charge in [0.15, 0.2) is 0 Å². The number of aryl methyl sites for hydroxylation is 2. The van der Waals surface area contributed by atoms with Gasteiger partial charge in [-0.2, -0.15) is 5.10 Å². The molecule has 1 unspecified atom stereocenters. The SMILES string of the molecule is CCc1cc(CC(N)Cc2cccc(OC)c2)n(C)n1. The number of benzene rings is 1. The van der Waals surface area contributed by atoms with Gasteiger partial charge in [-0.05, 0) is 36.6 Å². The summed E-state index contributed by atoms with van der Waals surface area (Å²) in [7, 11) is 3.66. The number of nitrogens with zero attached hydrogens (tertiary/aromatic N) is 2. The molecule has 0 radical (unpaired) electrons. The van der Waals surface area contributed by atoms with Crippen molar-refractivity contribution in [2.24, 2.45) is 12.8 Å². The van der Waals surface area contributed by atoms with Crippen LogP contribution in [0.4, 0.5) is 0 Å². The number of aromatic nitrogens is 2. The fourth-order valence-electron chi connectivity index (χ4n) is 2.38. The van der Waals surface area contributed by atoms with E-state index in [4.69, 9.17) is 10.5 Å². The molecule has 2 aromatic rings. The average Bonchev–Trinajstić information content (AvgIpc) is 2.79. The molecular formula is C16H23N3O. The summed E-state index contributed by atoms with van der Waals surface area (Å²) < 4.78 is 7.17. The van der Waals surface area contributed by atoms with E-state index in [1.54, 1.807) is 7.11 Å². The van der Waals surface area contributed by atoms with E-state index in [9.17, 15) is 0 Å². The quantitative estimate of drug-likeness (QED) is 0.877. The van der Waals surface area contributed by atoms with Gasteiger partial charge in [-0.25, -0.2) is 0 Å². The largest absolute Gasteiger partial charge is 0.497 e. The molecule has 0 saturated heterocycles. The van der Waals surface area contributed by atoms with Crippen molar-refractivity contribution in [1.82, 2.24) is 9.78 Å². The Hall–Kier alpha value is -1.81. The molecule has 1 heterocycles. The maximum Gasteiger partial charge on any atom is 0.119 e. The third kappa shape index (κ3) is 3.61. The van der Waals surface area contributed by atoms with Crippen LogP contribution in [-0.4, -0.2) is 22.9 Å². The predicted octanol–water partition coefficient (Wildman–Crippen LogP) is 2.10. The molecule has 0 spiro atoms. The van der Waals surface area contributed by atoms with E-state index in [2.05, 4.69) is 24.2 Å². The number of nitrogens with two attached hydrogens (primary N) is 1. The van der Waals surface area contributed by atoms with Gasteiger partial charge in [-0.15, -0.1) is 0 Å². The number of methoxy groups -OCH3 is 1. The molecule has 20 heavy (non-hydrogen) atoms. The van der Waals surface area contributed by atoms with E-state index in [-0.39, 0.29) is 6.04 Å². The van der Waals surface area contributed by atoms with Gasteiger partial charge in [0.1, 0.15) is 5.75 Å². The Morgan fingerprint density at radius 1 is 1.30 bits per heavy atom. The van der Waals surface area contributed by atoms with Crippen LogP contribution in [0, 0.1) is 0 Å². The molecule has 2 rings (SSSR count). The lowest BCUT2D eigenvalue weighted by atomic mass is 10.0. The molecule has 4 heteroatoms. The third-order valence-electron chi connectivity index (χ3n) is 3.49. The molecular weight excluding hydrogens is 250 g/mol. The van der Waals surface area contributed by atoms with Gasteiger partial charge < -0.3 is 10.5 Å². The monoisotopic (exact) mass is 273 g/mol. The molecule has 2 N–H and O–H groups in total. The highest BCUT2D eigenvalue weighted by Gasteiger charge is 2.10. The van der Waals surface area contributed by atoms with Crippen molar-refractivity contribution in [3.8, 4) is 5.75 Å². The van der Waals surface area contributed by atoms with Crippen molar-refractivity contribution in [2.75, 3.05) is 7.11 Å². The molecule has 0 fully saturated rings. The first-order chi connectivity index (χ1) is 9.62. The Balaban J connectivity index is 2.00. The summed E-state index contributed by atoms with van der Waals surface area (Å²) in [5.41, 5.74) is 9.78. The van der Waals surface area contributed by atoms with E-state index in [1.165, 1.54) is 11.3 Å². The highest BCUT2D eigenvalue weighted by Crippen LogP contribution is 2.15. The van der Waals surface area contributed by atoms with E-state index < -0.39 is 0 Å². The summed E-state index contributed by atoms with van der Waals surface area (Å²) >= 11 is 0.